The third-order valence-corrected chi connectivity index (χ3v) is 3.14. The van der Waals surface area contributed by atoms with Gasteiger partial charge in [-0.2, -0.15) is 0 Å². The van der Waals surface area contributed by atoms with Crippen LogP contribution in [0.3, 0.4) is 0 Å². The second kappa shape index (κ2) is 6.83. The Hall–Kier alpha value is -2.44. The number of hydrogen-bond acceptors (Lipinski definition) is 5. The molecule has 1 unspecified atom stereocenters. The highest BCUT2D eigenvalue weighted by molar-refractivity contribution is 5.66. The molecule has 1 atom stereocenters. The van der Waals surface area contributed by atoms with Crippen LogP contribution in [-0.4, -0.2) is 38.4 Å². The molecule has 0 spiro atoms. The topological polar surface area (TPSA) is 90.1 Å². The summed E-state index contributed by atoms with van der Waals surface area (Å²) in [4.78, 5) is 10.7. The molecule has 0 saturated heterocycles. The second-order valence-corrected chi connectivity index (χ2v) is 5.01. The fourth-order valence-corrected chi connectivity index (χ4v) is 2.08. The summed E-state index contributed by atoms with van der Waals surface area (Å²) in [5.41, 5.74) is 1.07. The third kappa shape index (κ3) is 4.27. The molecule has 1 N–H and O–H groups in total. The van der Waals surface area contributed by atoms with E-state index in [1.807, 2.05) is 31.2 Å². The number of carboxylic acid groups (broad SMARTS) is 1. The van der Waals surface area contributed by atoms with E-state index >= 15 is 0 Å². The van der Waals surface area contributed by atoms with Crippen molar-refractivity contribution in [1.82, 2.24) is 20.2 Å². The van der Waals surface area contributed by atoms with Crippen molar-refractivity contribution in [2.24, 2.45) is 5.92 Å². The van der Waals surface area contributed by atoms with Gasteiger partial charge in [0.05, 0.1) is 7.11 Å². The molecule has 2 rings (SSSR count). The number of aliphatic carboxylic acids is 1. The Kier molecular flexibility index (Phi) is 4.86. The molecular formula is C14H18N4O3. The number of rotatable bonds is 7. The van der Waals surface area contributed by atoms with Gasteiger partial charge in [0.15, 0.2) is 5.82 Å². The van der Waals surface area contributed by atoms with Crippen molar-refractivity contribution in [1.29, 1.82) is 0 Å². The minimum absolute atomic E-state index is 0.0272. The normalized spacial score (nSPS) is 12.1. The summed E-state index contributed by atoms with van der Waals surface area (Å²) in [6.45, 7) is 2.36. The van der Waals surface area contributed by atoms with E-state index in [1.54, 1.807) is 11.8 Å². The molecule has 0 aliphatic heterocycles. The summed E-state index contributed by atoms with van der Waals surface area (Å²) < 4.78 is 6.78. The minimum atomic E-state index is -0.813. The van der Waals surface area contributed by atoms with Gasteiger partial charge >= 0.3 is 5.97 Å². The minimum Gasteiger partial charge on any atom is -0.497 e. The van der Waals surface area contributed by atoms with Crippen LogP contribution in [0.5, 0.6) is 5.75 Å². The standard InChI is InChI=1S/C14H18N4O3/c1-10(7-14(19)20)9-18-13(15-16-17-18)8-11-3-5-12(21-2)6-4-11/h3-6,10H,7-9H2,1-2H3,(H,19,20). The lowest BCUT2D eigenvalue weighted by molar-refractivity contribution is -0.138. The van der Waals surface area contributed by atoms with E-state index in [2.05, 4.69) is 15.5 Å². The van der Waals surface area contributed by atoms with Gasteiger partial charge < -0.3 is 9.84 Å². The van der Waals surface area contributed by atoms with Crippen molar-refractivity contribution in [3.8, 4) is 5.75 Å². The van der Waals surface area contributed by atoms with Crippen LogP contribution >= 0.6 is 0 Å². The first-order valence-electron chi connectivity index (χ1n) is 6.68. The maximum absolute atomic E-state index is 10.7. The lowest BCUT2D eigenvalue weighted by Gasteiger charge is -2.10. The summed E-state index contributed by atoms with van der Waals surface area (Å²) in [5.74, 6) is 0.679. The molecule has 0 amide bonds. The predicted octanol–water partition coefficient (Wildman–Crippen LogP) is 1.38. The molecule has 112 valence electrons. The highest BCUT2D eigenvalue weighted by Gasteiger charge is 2.13. The van der Waals surface area contributed by atoms with Gasteiger partial charge in [0.1, 0.15) is 5.75 Å². The number of hydrogen-bond donors (Lipinski definition) is 1. The van der Waals surface area contributed by atoms with Crippen LogP contribution in [0.25, 0.3) is 0 Å². The van der Waals surface area contributed by atoms with Gasteiger partial charge in [-0.15, -0.1) is 5.10 Å². The quantitative estimate of drug-likeness (QED) is 0.828. The lowest BCUT2D eigenvalue weighted by atomic mass is 10.1. The van der Waals surface area contributed by atoms with Crippen LogP contribution in [0.1, 0.15) is 24.7 Å². The number of benzene rings is 1. The number of aromatic nitrogens is 4. The molecule has 0 radical (unpaired) electrons. The van der Waals surface area contributed by atoms with Crippen molar-refractivity contribution in [3.05, 3.63) is 35.7 Å². The number of ether oxygens (including phenoxy) is 1. The molecule has 0 aliphatic carbocycles. The smallest absolute Gasteiger partial charge is 0.303 e. The Morgan fingerprint density at radius 1 is 1.38 bits per heavy atom. The zero-order valence-electron chi connectivity index (χ0n) is 12.1. The number of carbonyl (C=O) groups is 1. The van der Waals surface area contributed by atoms with Crippen molar-refractivity contribution in [2.45, 2.75) is 26.3 Å². The SMILES string of the molecule is COc1ccc(Cc2nnnn2CC(C)CC(=O)O)cc1. The van der Waals surface area contributed by atoms with Gasteiger partial charge in [0.25, 0.3) is 0 Å². The van der Waals surface area contributed by atoms with Crippen LogP contribution in [0.15, 0.2) is 24.3 Å². The first-order chi connectivity index (χ1) is 10.1. The summed E-state index contributed by atoms with van der Waals surface area (Å²) in [5, 5.41) is 20.4. The fraction of sp³-hybridized carbons (Fsp3) is 0.429. The zero-order valence-corrected chi connectivity index (χ0v) is 12.1. The fourth-order valence-electron chi connectivity index (χ4n) is 2.08. The van der Waals surface area contributed by atoms with Crippen LogP contribution in [0, 0.1) is 5.92 Å². The van der Waals surface area contributed by atoms with Gasteiger partial charge in [0, 0.05) is 19.4 Å². The number of nitrogens with zero attached hydrogens (tertiary/aromatic N) is 4. The van der Waals surface area contributed by atoms with Gasteiger partial charge in [-0.05, 0) is 34.0 Å². The number of methoxy groups -OCH3 is 1. The molecule has 0 fully saturated rings. The van der Waals surface area contributed by atoms with Crippen molar-refractivity contribution >= 4 is 5.97 Å². The highest BCUT2D eigenvalue weighted by Crippen LogP contribution is 2.14. The molecular weight excluding hydrogens is 272 g/mol. The van der Waals surface area contributed by atoms with E-state index in [9.17, 15) is 4.79 Å². The second-order valence-electron chi connectivity index (χ2n) is 5.01. The Morgan fingerprint density at radius 3 is 2.71 bits per heavy atom. The molecule has 0 saturated carbocycles. The zero-order chi connectivity index (χ0) is 15.2. The van der Waals surface area contributed by atoms with E-state index < -0.39 is 5.97 Å². The Balaban J connectivity index is 2.03. The van der Waals surface area contributed by atoms with E-state index in [0.29, 0.717) is 13.0 Å². The summed E-state index contributed by atoms with van der Waals surface area (Å²) >= 11 is 0. The molecule has 7 heteroatoms. The Bertz CT molecular complexity index is 595. The van der Waals surface area contributed by atoms with Crippen LogP contribution in [0.4, 0.5) is 0 Å². The molecule has 2 aromatic rings. The summed E-state index contributed by atoms with van der Waals surface area (Å²) in [7, 11) is 1.62. The number of carboxylic acids is 1. The predicted molar refractivity (Wildman–Crippen MR) is 75.0 cm³/mol. The molecule has 1 heterocycles. The molecule has 7 nitrogen and oxygen atoms in total. The van der Waals surface area contributed by atoms with Gasteiger partial charge in [-0.1, -0.05) is 19.1 Å². The summed E-state index contributed by atoms with van der Waals surface area (Å²) in [6.07, 6.45) is 0.693. The van der Waals surface area contributed by atoms with E-state index in [1.165, 1.54) is 0 Å². The third-order valence-electron chi connectivity index (χ3n) is 3.14. The summed E-state index contributed by atoms with van der Waals surface area (Å²) in [6, 6.07) is 7.68. The van der Waals surface area contributed by atoms with E-state index in [0.717, 1.165) is 17.1 Å². The van der Waals surface area contributed by atoms with Crippen molar-refractivity contribution in [3.63, 3.8) is 0 Å². The Labute approximate surface area is 122 Å². The molecule has 21 heavy (non-hydrogen) atoms. The van der Waals surface area contributed by atoms with Crippen LogP contribution in [0.2, 0.25) is 0 Å². The molecule has 0 bridgehead atoms. The van der Waals surface area contributed by atoms with Crippen LogP contribution < -0.4 is 4.74 Å². The van der Waals surface area contributed by atoms with E-state index in [4.69, 9.17) is 9.84 Å². The average molecular weight is 290 g/mol. The van der Waals surface area contributed by atoms with E-state index in [-0.39, 0.29) is 12.3 Å². The molecule has 1 aromatic heterocycles. The average Bonchev–Trinajstić information content (AvgIpc) is 2.86. The monoisotopic (exact) mass is 290 g/mol. The first-order valence-corrected chi connectivity index (χ1v) is 6.68. The lowest BCUT2D eigenvalue weighted by Crippen LogP contribution is -2.15. The van der Waals surface area contributed by atoms with Crippen molar-refractivity contribution < 1.29 is 14.6 Å². The molecule has 0 aliphatic rings. The first kappa shape index (κ1) is 15.0. The largest absolute Gasteiger partial charge is 0.497 e. The van der Waals surface area contributed by atoms with Gasteiger partial charge in [0.2, 0.25) is 0 Å². The number of tetrazole rings is 1. The van der Waals surface area contributed by atoms with Crippen molar-refractivity contribution in [2.75, 3.05) is 7.11 Å². The van der Waals surface area contributed by atoms with Crippen LogP contribution in [-0.2, 0) is 17.8 Å². The van der Waals surface area contributed by atoms with Gasteiger partial charge in [-0.25, -0.2) is 4.68 Å². The maximum Gasteiger partial charge on any atom is 0.303 e. The highest BCUT2D eigenvalue weighted by atomic mass is 16.5. The Morgan fingerprint density at radius 2 is 2.10 bits per heavy atom. The molecule has 1 aromatic carbocycles. The maximum atomic E-state index is 10.7. The van der Waals surface area contributed by atoms with Gasteiger partial charge in [-0.3, -0.25) is 4.79 Å².